The summed E-state index contributed by atoms with van der Waals surface area (Å²) in [5.74, 6) is 0.935. The summed E-state index contributed by atoms with van der Waals surface area (Å²) in [6, 6.07) is 16.9. The molecule has 2 aliphatic carbocycles. The van der Waals surface area contributed by atoms with Crippen LogP contribution in [0.3, 0.4) is 0 Å². The minimum atomic E-state index is -0.221. The van der Waals surface area contributed by atoms with Crippen molar-refractivity contribution in [2.75, 3.05) is 40.3 Å². The van der Waals surface area contributed by atoms with E-state index in [0.29, 0.717) is 76.3 Å². The zero-order valence-corrected chi connectivity index (χ0v) is 64.7. The van der Waals surface area contributed by atoms with Crippen LogP contribution in [0.5, 0.6) is 0 Å². The Morgan fingerprint density at radius 3 is 1.34 bits per heavy atom. The minimum Gasteiger partial charge on any atom is -0.511 e. The lowest BCUT2D eigenvalue weighted by molar-refractivity contribution is -0.122. The Labute approximate surface area is 640 Å². The van der Waals surface area contributed by atoms with E-state index >= 15 is 0 Å². The summed E-state index contributed by atoms with van der Waals surface area (Å²) in [6.45, 7) is 33.4. The number of ether oxygens (including phenoxy) is 2. The molecular weight excluding hydrogens is 1350 g/mol. The molecule has 2 saturated heterocycles. The van der Waals surface area contributed by atoms with Gasteiger partial charge in [0.15, 0.2) is 0 Å². The summed E-state index contributed by atoms with van der Waals surface area (Å²) < 4.78 is 13.1. The molecule has 18 heteroatoms. The van der Waals surface area contributed by atoms with Gasteiger partial charge in [-0.1, -0.05) is 102 Å². The van der Waals surface area contributed by atoms with Gasteiger partial charge in [0.2, 0.25) is 11.8 Å². The highest BCUT2D eigenvalue weighted by Gasteiger charge is 2.44. The molecule has 0 spiro atoms. The normalized spacial score (nSPS) is 22.2. The van der Waals surface area contributed by atoms with Gasteiger partial charge in [0.05, 0.1) is 93.9 Å². The van der Waals surface area contributed by atoms with Gasteiger partial charge < -0.3 is 51.6 Å². The molecule has 18 nitrogen and oxygen atoms in total. The molecule has 12 aliphatic rings. The van der Waals surface area contributed by atoms with Crippen LogP contribution in [0.2, 0.25) is 0 Å². The van der Waals surface area contributed by atoms with Gasteiger partial charge >= 0.3 is 0 Å². The van der Waals surface area contributed by atoms with E-state index in [9.17, 15) is 19.8 Å². The van der Waals surface area contributed by atoms with Gasteiger partial charge in [-0.15, -0.1) is 0 Å². The molecule has 14 rings (SSSR count). The number of fused-ring (bicyclic) bond motifs is 10. The van der Waals surface area contributed by atoms with Crippen LogP contribution in [0.4, 0.5) is 0 Å². The van der Waals surface area contributed by atoms with Crippen molar-refractivity contribution in [3.63, 3.8) is 0 Å². The topological polar surface area (TPSA) is 239 Å². The van der Waals surface area contributed by atoms with Crippen LogP contribution in [0.1, 0.15) is 172 Å². The average molecular weight is 1460 g/mol. The van der Waals surface area contributed by atoms with E-state index in [0.717, 1.165) is 195 Å². The molecule has 568 valence electrons. The summed E-state index contributed by atoms with van der Waals surface area (Å²) >= 11 is 0. The van der Waals surface area contributed by atoms with Crippen molar-refractivity contribution in [3.8, 4) is 0 Å². The van der Waals surface area contributed by atoms with Crippen molar-refractivity contribution in [3.05, 3.63) is 254 Å². The zero-order valence-electron chi connectivity index (χ0n) is 64.7. The molecule has 10 heterocycles. The molecule has 0 aromatic heterocycles. The second-order valence-corrected chi connectivity index (χ2v) is 29.9. The van der Waals surface area contributed by atoms with Crippen molar-refractivity contribution in [1.82, 2.24) is 31.9 Å². The van der Waals surface area contributed by atoms with Crippen molar-refractivity contribution in [2.24, 2.45) is 53.6 Å². The number of aliphatic hydroxyl groups is 2. The maximum Gasteiger partial charge on any atom is 0.220 e. The van der Waals surface area contributed by atoms with Crippen molar-refractivity contribution < 1.29 is 29.3 Å². The molecule has 8 N–H and O–H groups in total. The number of aliphatic hydroxyl groups excluding tert-OH is 2. The monoisotopic (exact) mass is 1460 g/mol. The minimum absolute atomic E-state index is 0. The third kappa shape index (κ3) is 15.7. The molecule has 2 amide bonds. The Hall–Kier alpha value is -9.72. The van der Waals surface area contributed by atoms with Crippen LogP contribution in [0, 0.1) is 37.5 Å². The fraction of sp³-hybridized carbons (Fsp3) is 0.422. The fourth-order valence-corrected chi connectivity index (χ4v) is 16.8. The highest BCUT2D eigenvalue weighted by Crippen LogP contribution is 2.50. The number of rotatable bonds is 22. The molecule has 0 saturated carbocycles. The Morgan fingerprint density at radius 2 is 0.926 bits per heavy atom. The fourth-order valence-electron chi connectivity index (χ4n) is 16.8. The lowest BCUT2D eigenvalue weighted by Gasteiger charge is -2.18. The summed E-state index contributed by atoms with van der Waals surface area (Å²) in [5.41, 5.74) is 33.5. The predicted octanol–water partition coefficient (Wildman–Crippen LogP) is 16.6. The third-order valence-electron chi connectivity index (χ3n) is 23.0. The largest absolute Gasteiger partial charge is 0.511 e. The van der Waals surface area contributed by atoms with Crippen LogP contribution in [0.25, 0.3) is 0 Å². The van der Waals surface area contributed by atoms with Crippen molar-refractivity contribution in [2.45, 2.75) is 189 Å². The van der Waals surface area contributed by atoms with Gasteiger partial charge in [0, 0.05) is 132 Å². The SMILES string of the molecule is C.C.CCC1=C(C)C2=NC1=CC1=C(C)C3=C(O)CC(=C4NC(=CC5=NC(=C2)C(C(C)OCc2ccc(C)cc2)=C5C)C(C)[C@@H]4CCC(=O)NCCNC)C3=N1.CCC1=C(C)C2=NC1=CC1=C(C)C3=C(O)CC(=C4NC(=CC5=NC(=C2)C(C(C)OCc2cccc(C)c2)=C5C)C(C)[C@@H]4CCC(=O)NCCNC)C3=N1. The first-order chi connectivity index (χ1) is 51.0. The van der Waals surface area contributed by atoms with Gasteiger partial charge in [0.25, 0.3) is 0 Å². The van der Waals surface area contributed by atoms with Gasteiger partial charge in [-0.05, 0) is 201 Å². The number of likely N-dealkylation sites (N-methyl/N-ethyl adjacent to an activating group) is 2. The molecule has 2 aromatic rings. The summed E-state index contributed by atoms with van der Waals surface area (Å²) in [5, 5.41) is 42.7. The number of benzene rings is 2. The molecule has 4 unspecified atom stereocenters. The standard InChI is InChI=1S/2C44H52N6O3.2CH4/c1-9-30-24(3)33-21-38-41(28(7)53-22-29-12-10-23(2)11-13-29)26(5)35(48-38)19-34-25(4)31(14-15-40(52)46-17-16-45-8)43(49-34)32-18-39(51)42-27(6)36(50-44(32)42)20-37(30)47-33;1-9-30-24(3)33-21-38-41(28(7)53-22-29-12-10-11-23(2)17-29)26(5)35(48-38)19-34-25(4)31(13-14-40(52)46-16-15-45-8)43(49-34)32-18-39(51)42-27(6)36(50-44(32)42)20-37(30)47-33;;/h10-13,19-21,25,28,31,45,49,51H,9,14-18,22H2,1-8H3,(H,46,52);10-12,17,19-21,25,28,31,45,49,51H,9,13-16,18,22H2,1-8H3,(H,46,52);2*1H4/t2*25?,28?,31-;;/m00../s1. The average Bonchev–Trinajstić information content (AvgIpc) is 1.59. The number of hydrogen-bond donors (Lipinski definition) is 8. The molecular formula is C90H112N12O6. The van der Waals surface area contributed by atoms with Crippen LogP contribution >= 0.6 is 0 Å². The highest BCUT2D eigenvalue weighted by molar-refractivity contribution is 6.23. The number of nitrogens with one attached hydrogen (secondary N) is 6. The second kappa shape index (κ2) is 33.4. The summed E-state index contributed by atoms with van der Waals surface area (Å²) in [4.78, 5) is 57.2. The van der Waals surface area contributed by atoms with E-state index in [-0.39, 0.29) is 62.5 Å². The Kier molecular flexibility index (Phi) is 24.5. The lowest BCUT2D eigenvalue weighted by Crippen LogP contribution is -2.30. The number of hydrogen-bond acceptors (Lipinski definition) is 16. The third-order valence-corrected chi connectivity index (χ3v) is 23.0. The van der Waals surface area contributed by atoms with Gasteiger partial charge in [-0.3, -0.25) is 9.59 Å². The van der Waals surface area contributed by atoms with Crippen molar-refractivity contribution in [1.29, 1.82) is 0 Å². The first-order valence-corrected chi connectivity index (χ1v) is 38.1. The Bertz CT molecular complexity index is 4840. The molecule has 108 heavy (non-hydrogen) atoms. The number of amides is 2. The zero-order chi connectivity index (χ0) is 75.1. The smallest absolute Gasteiger partial charge is 0.220 e. The predicted molar refractivity (Wildman–Crippen MR) is 441 cm³/mol. The van der Waals surface area contributed by atoms with E-state index in [1.165, 1.54) is 22.3 Å². The van der Waals surface area contributed by atoms with Crippen LogP contribution in [-0.2, 0) is 32.3 Å². The number of aliphatic imine (C=N–C) groups is 6. The van der Waals surface area contributed by atoms with Crippen molar-refractivity contribution >= 4 is 46.1 Å². The first-order valence-electron chi connectivity index (χ1n) is 38.1. The number of aryl methyl sites for hydroxylation is 2. The van der Waals surface area contributed by atoms with Crippen LogP contribution in [-0.4, -0.2) is 109 Å². The molecule has 6 atom stereocenters. The molecule has 10 aliphatic heterocycles. The lowest BCUT2D eigenvalue weighted by atomic mass is 9.86. The molecule has 16 bridgehead atoms. The highest BCUT2D eigenvalue weighted by atomic mass is 16.5. The second-order valence-electron chi connectivity index (χ2n) is 29.9. The van der Waals surface area contributed by atoms with E-state index in [1.807, 2.05) is 27.9 Å². The molecule has 2 fully saturated rings. The molecule has 0 radical (unpaired) electrons. The van der Waals surface area contributed by atoms with Gasteiger partial charge in [0.1, 0.15) is 11.5 Å². The Balaban J connectivity index is 0.000000211. The van der Waals surface area contributed by atoms with E-state index < -0.39 is 0 Å². The maximum absolute atomic E-state index is 12.9. The molecule has 2 aromatic carbocycles. The van der Waals surface area contributed by atoms with Gasteiger partial charge in [-0.25, -0.2) is 30.0 Å². The maximum atomic E-state index is 12.9. The van der Waals surface area contributed by atoms with E-state index in [1.54, 1.807) is 0 Å². The summed E-state index contributed by atoms with van der Waals surface area (Å²) in [6.07, 6.45) is 16.8. The quantitative estimate of drug-likeness (QED) is 0.0519. The van der Waals surface area contributed by atoms with Crippen LogP contribution < -0.4 is 31.9 Å². The number of allylic oxidation sites excluding steroid dienone is 22. The summed E-state index contributed by atoms with van der Waals surface area (Å²) in [7, 11) is 3.76. The Morgan fingerprint density at radius 1 is 0.509 bits per heavy atom. The van der Waals surface area contributed by atoms with E-state index in [2.05, 4.69) is 200 Å². The number of carbonyl (C=O) groups is 2. The van der Waals surface area contributed by atoms with Gasteiger partial charge in [-0.2, -0.15) is 0 Å². The first kappa shape index (κ1) is 79.3. The van der Waals surface area contributed by atoms with E-state index in [4.69, 9.17) is 39.4 Å². The van der Waals surface area contributed by atoms with Crippen LogP contribution in [0.15, 0.2) is 261 Å². The number of nitrogens with zero attached hydrogens (tertiary/aromatic N) is 6. The number of carbonyl (C=O) groups excluding carboxylic acids is 2.